The molecule has 138 valence electrons. The van der Waals surface area contributed by atoms with Crippen molar-refractivity contribution < 1.29 is 23.9 Å². The molecule has 2 rings (SSSR count). The second kappa shape index (κ2) is 8.05. The Balaban J connectivity index is 2.19. The molecule has 1 aromatic heterocycles. The molecule has 0 fully saturated rings. The number of carbonyl (C=O) groups excluding carboxylic acids is 2. The van der Waals surface area contributed by atoms with Gasteiger partial charge in [-0.3, -0.25) is 9.59 Å². The van der Waals surface area contributed by atoms with Gasteiger partial charge in [0.1, 0.15) is 12.3 Å². The van der Waals surface area contributed by atoms with Crippen LogP contribution in [0.3, 0.4) is 0 Å². The summed E-state index contributed by atoms with van der Waals surface area (Å²) in [6, 6.07) is 6.72. The Morgan fingerprint density at radius 1 is 1.23 bits per heavy atom. The molecule has 3 N–H and O–H groups in total. The first-order valence-corrected chi connectivity index (χ1v) is 8.32. The van der Waals surface area contributed by atoms with Crippen LogP contribution in [0.1, 0.15) is 36.2 Å². The summed E-state index contributed by atoms with van der Waals surface area (Å²) in [6.45, 7) is 3.12. The summed E-state index contributed by atoms with van der Waals surface area (Å²) in [6.07, 6.45) is 2.70. The van der Waals surface area contributed by atoms with Crippen LogP contribution in [0.15, 0.2) is 47.3 Å². The van der Waals surface area contributed by atoms with Crippen LogP contribution in [0.25, 0.3) is 0 Å². The number of aliphatic carboxylic acids is 1. The first-order chi connectivity index (χ1) is 12.3. The molecule has 0 aliphatic rings. The summed E-state index contributed by atoms with van der Waals surface area (Å²) in [5.41, 5.74) is -0.975. The number of amides is 2. The van der Waals surface area contributed by atoms with Crippen LogP contribution in [0.4, 0.5) is 0 Å². The third kappa shape index (κ3) is 4.05. The quantitative estimate of drug-likeness (QED) is 0.686. The highest BCUT2D eigenvalue weighted by molar-refractivity contribution is 6.30. The largest absolute Gasteiger partial charge is 0.479 e. The Morgan fingerprint density at radius 3 is 2.38 bits per heavy atom. The van der Waals surface area contributed by atoms with E-state index in [0.29, 0.717) is 10.6 Å². The maximum Gasteiger partial charge on any atom is 0.334 e. The SMILES string of the molecule is CCC(NC(=O)C(C)NC(=O)c1ccoc1)(C(=O)O)c1ccc(Cl)cc1. The fraction of sp³-hybridized carbons (Fsp3) is 0.278. The molecule has 2 amide bonds. The Labute approximate surface area is 155 Å². The number of furan rings is 1. The highest BCUT2D eigenvalue weighted by Crippen LogP contribution is 2.27. The second-order valence-electron chi connectivity index (χ2n) is 5.77. The van der Waals surface area contributed by atoms with Gasteiger partial charge in [-0.25, -0.2) is 4.79 Å². The minimum Gasteiger partial charge on any atom is -0.479 e. The fourth-order valence-corrected chi connectivity index (χ4v) is 2.61. The maximum absolute atomic E-state index is 12.5. The molecule has 26 heavy (non-hydrogen) atoms. The van der Waals surface area contributed by atoms with Crippen molar-refractivity contribution in [2.45, 2.75) is 31.8 Å². The Bertz CT molecular complexity index is 788. The smallest absolute Gasteiger partial charge is 0.334 e. The number of benzene rings is 1. The van der Waals surface area contributed by atoms with Crippen LogP contribution < -0.4 is 10.6 Å². The van der Waals surface area contributed by atoms with Gasteiger partial charge in [0.15, 0.2) is 5.54 Å². The summed E-state index contributed by atoms with van der Waals surface area (Å²) in [4.78, 5) is 36.5. The predicted octanol–water partition coefficient (Wildman–Crippen LogP) is 2.56. The van der Waals surface area contributed by atoms with Gasteiger partial charge in [0.25, 0.3) is 5.91 Å². The van der Waals surface area contributed by atoms with Gasteiger partial charge < -0.3 is 20.2 Å². The van der Waals surface area contributed by atoms with E-state index >= 15 is 0 Å². The second-order valence-corrected chi connectivity index (χ2v) is 6.20. The van der Waals surface area contributed by atoms with Gasteiger partial charge in [-0.1, -0.05) is 30.7 Å². The van der Waals surface area contributed by atoms with Crippen LogP contribution in [0.5, 0.6) is 0 Å². The van der Waals surface area contributed by atoms with Crippen molar-refractivity contribution in [1.82, 2.24) is 10.6 Å². The van der Waals surface area contributed by atoms with E-state index in [4.69, 9.17) is 16.0 Å². The van der Waals surface area contributed by atoms with E-state index < -0.39 is 29.4 Å². The molecule has 0 radical (unpaired) electrons. The lowest BCUT2D eigenvalue weighted by atomic mass is 9.87. The normalized spacial score (nSPS) is 14.1. The van der Waals surface area contributed by atoms with Crippen molar-refractivity contribution in [3.8, 4) is 0 Å². The molecule has 1 aromatic carbocycles. The minimum atomic E-state index is -1.63. The van der Waals surface area contributed by atoms with Crippen molar-refractivity contribution in [2.75, 3.05) is 0 Å². The lowest BCUT2D eigenvalue weighted by Gasteiger charge is -2.31. The summed E-state index contributed by atoms with van der Waals surface area (Å²) in [7, 11) is 0. The number of hydrogen-bond acceptors (Lipinski definition) is 4. The van der Waals surface area contributed by atoms with E-state index in [0.717, 1.165) is 0 Å². The lowest BCUT2D eigenvalue weighted by molar-refractivity contribution is -0.148. The predicted molar refractivity (Wildman–Crippen MR) is 94.8 cm³/mol. The first-order valence-electron chi connectivity index (χ1n) is 7.94. The number of carboxylic acid groups (broad SMARTS) is 1. The topological polar surface area (TPSA) is 109 Å². The third-order valence-corrected chi connectivity index (χ3v) is 4.35. The average molecular weight is 379 g/mol. The zero-order chi connectivity index (χ0) is 19.3. The number of rotatable bonds is 7. The number of hydrogen-bond donors (Lipinski definition) is 3. The van der Waals surface area contributed by atoms with Gasteiger partial charge in [-0.15, -0.1) is 0 Å². The van der Waals surface area contributed by atoms with Crippen molar-refractivity contribution in [3.05, 3.63) is 59.0 Å². The van der Waals surface area contributed by atoms with Crippen LogP contribution in [0.2, 0.25) is 5.02 Å². The molecule has 0 spiro atoms. The van der Waals surface area contributed by atoms with Gasteiger partial charge in [-0.2, -0.15) is 0 Å². The Morgan fingerprint density at radius 2 is 1.88 bits per heavy atom. The van der Waals surface area contributed by atoms with Gasteiger partial charge in [0.2, 0.25) is 5.91 Å². The number of halogens is 1. The highest BCUT2D eigenvalue weighted by atomic mass is 35.5. The summed E-state index contributed by atoms with van der Waals surface area (Å²) >= 11 is 5.86. The van der Waals surface area contributed by atoms with Crippen molar-refractivity contribution in [2.24, 2.45) is 0 Å². The highest BCUT2D eigenvalue weighted by Gasteiger charge is 2.41. The third-order valence-electron chi connectivity index (χ3n) is 4.09. The van der Waals surface area contributed by atoms with Gasteiger partial charge in [-0.05, 0) is 37.1 Å². The molecule has 1 heterocycles. The molecule has 0 saturated heterocycles. The van der Waals surface area contributed by atoms with Gasteiger partial charge in [0.05, 0.1) is 11.8 Å². The van der Waals surface area contributed by atoms with E-state index in [-0.39, 0.29) is 12.0 Å². The molecule has 0 bridgehead atoms. The van der Waals surface area contributed by atoms with E-state index in [1.54, 1.807) is 31.2 Å². The van der Waals surface area contributed by atoms with Crippen molar-refractivity contribution in [1.29, 1.82) is 0 Å². The molecule has 0 saturated carbocycles. The van der Waals surface area contributed by atoms with Crippen LogP contribution >= 0.6 is 11.6 Å². The molecule has 0 aliphatic carbocycles. The average Bonchev–Trinajstić information content (AvgIpc) is 3.14. The molecule has 2 unspecified atom stereocenters. The van der Waals surface area contributed by atoms with E-state index in [1.807, 2.05) is 0 Å². The molecule has 0 aliphatic heterocycles. The summed E-state index contributed by atoms with van der Waals surface area (Å²) < 4.78 is 4.82. The van der Waals surface area contributed by atoms with Crippen molar-refractivity contribution in [3.63, 3.8) is 0 Å². The molecular formula is C18H19ClN2O5. The molecule has 8 heteroatoms. The molecular weight excluding hydrogens is 360 g/mol. The maximum atomic E-state index is 12.5. The van der Waals surface area contributed by atoms with E-state index in [9.17, 15) is 19.5 Å². The number of carboxylic acids is 1. The van der Waals surface area contributed by atoms with Gasteiger partial charge in [0, 0.05) is 5.02 Å². The zero-order valence-electron chi connectivity index (χ0n) is 14.3. The van der Waals surface area contributed by atoms with Gasteiger partial charge >= 0.3 is 5.97 Å². The van der Waals surface area contributed by atoms with Crippen LogP contribution in [-0.4, -0.2) is 28.9 Å². The Kier molecular flexibility index (Phi) is 6.05. The molecule has 2 atom stereocenters. The number of nitrogens with one attached hydrogen (secondary N) is 2. The van der Waals surface area contributed by atoms with E-state index in [1.165, 1.54) is 25.5 Å². The van der Waals surface area contributed by atoms with Crippen LogP contribution in [0, 0.1) is 0 Å². The fourth-order valence-electron chi connectivity index (χ4n) is 2.49. The zero-order valence-corrected chi connectivity index (χ0v) is 15.0. The first kappa shape index (κ1) is 19.5. The lowest BCUT2D eigenvalue weighted by Crippen LogP contribution is -2.56. The van der Waals surface area contributed by atoms with Crippen molar-refractivity contribution >= 4 is 29.4 Å². The Hall–Kier alpha value is -2.80. The molecule has 7 nitrogen and oxygen atoms in total. The minimum absolute atomic E-state index is 0.109. The van der Waals surface area contributed by atoms with E-state index in [2.05, 4.69) is 10.6 Å². The monoisotopic (exact) mass is 378 g/mol. The number of carbonyl (C=O) groups is 3. The summed E-state index contributed by atoms with van der Waals surface area (Å²) in [5.74, 6) is -2.32. The standard InChI is InChI=1S/C18H19ClN2O5/c1-3-18(17(24)25,13-4-6-14(19)7-5-13)21-15(22)11(2)20-16(23)12-8-9-26-10-12/h4-11H,3H2,1-2H3,(H,20,23)(H,21,22)(H,24,25). The molecule has 2 aromatic rings. The summed E-state index contributed by atoms with van der Waals surface area (Å²) in [5, 5.41) is 15.3. The van der Waals surface area contributed by atoms with Crippen LogP contribution in [-0.2, 0) is 15.1 Å².